The van der Waals surface area contributed by atoms with Crippen LogP contribution in [0.4, 0.5) is 0 Å². The molecule has 0 radical (unpaired) electrons. The second kappa shape index (κ2) is 4.60. The Morgan fingerprint density at radius 2 is 2.25 bits per heavy atom. The largest absolute Gasteiger partial charge is 0.497 e. The third kappa shape index (κ3) is 2.66. The zero-order chi connectivity index (χ0) is 11.6. The van der Waals surface area contributed by atoms with E-state index >= 15 is 0 Å². The Morgan fingerprint density at radius 3 is 2.81 bits per heavy atom. The highest BCUT2D eigenvalue weighted by molar-refractivity contribution is 6.18. The van der Waals surface area contributed by atoms with Gasteiger partial charge in [-0.1, -0.05) is 0 Å². The molecule has 1 fully saturated rings. The SMILES string of the molecule is COc1cc(C)nc(CNC2(CCl)CC2)c1. The molecule has 1 aromatic heterocycles. The van der Waals surface area contributed by atoms with Gasteiger partial charge in [-0.25, -0.2) is 0 Å². The summed E-state index contributed by atoms with van der Waals surface area (Å²) in [5.74, 6) is 1.54. The molecule has 0 saturated heterocycles. The maximum absolute atomic E-state index is 5.90. The number of hydrogen-bond donors (Lipinski definition) is 1. The summed E-state index contributed by atoms with van der Waals surface area (Å²) in [4.78, 5) is 4.46. The fraction of sp³-hybridized carbons (Fsp3) is 0.583. The van der Waals surface area contributed by atoms with E-state index in [9.17, 15) is 0 Å². The fourth-order valence-corrected chi connectivity index (χ4v) is 2.06. The molecule has 1 aliphatic carbocycles. The Kier molecular flexibility index (Phi) is 3.36. The number of hydrogen-bond acceptors (Lipinski definition) is 3. The van der Waals surface area contributed by atoms with E-state index in [0.717, 1.165) is 23.7 Å². The van der Waals surface area contributed by atoms with E-state index in [-0.39, 0.29) is 5.54 Å². The molecule has 1 aliphatic rings. The van der Waals surface area contributed by atoms with Gasteiger partial charge in [0.1, 0.15) is 5.75 Å². The predicted molar refractivity (Wildman–Crippen MR) is 65.1 cm³/mol. The van der Waals surface area contributed by atoms with Gasteiger partial charge in [0, 0.05) is 35.8 Å². The van der Waals surface area contributed by atoms with Crippen LogP contribution >= 0.6 is 11.6 Å². The summed E-state index contributed by atoms with van der Waals surface area (Å²) in [7, 11) is 1.67. The molecule has 0 aromatic carbocycles. The van der Waals surface area contributed by atoms with Crippen LogP contribution in [0.2, 0.25) is 0 Å². The summed E-state index contributed by atoms with van der Waals surface area (Å²) >= 11 is 5.90. The van der Waals surface area contributed by atoms with E-state index in [1.54, 1.807) is 7.11 Å². The average molecular weight is 241 g/mol. The van der Waals surface area contributed by atoms with Crippen molar-refractivity contribution >= 4 is 11.6 Å². The lowest BCUT2D eigenvalue weighted by Crippen LogP contribution is -2.32. The van der Waals surface area contributed by atoms with Gasteiger partial charge in [-0.15, -0.1) is 11.6 Å². The van der Waals surface area contributed by atoms with Crippen LogP contribution in [0.1, 0.15) is 24.2 Å². The third-order valence-electron chi connectivity index (χ3n) is 2.97. The number of alkyl halides is 1. The number of nitrogens with zero attached hydrogens (tertiary/aromatic N) is 1. The molecule has 0 aliphatic heterocycles. The van der Waals surface area contributed by atoms with Gasteiger partial charge in [-0.3, -0.25) is 4.98 Å². The van der Waals surface area contributed by atoms with Gasteiger partial charge in [0.15, 0.2) is 0 Å². The average Bonchev–Trinajstić information content (AvgIpc) is 3.06. The molecule has 0 spiro atoms. The number of aryl methyl sites for hydroxylation is 1. The number of aromatic nitrogens is 1. The quantitative estimate of drug-likeness (QED) is 0.802. The van der Waals surface area contributed by atoms with Crippen LogP contribution in [-0.2, 0) is 6.54 Å². The number of halogens is 1. The fourth-order valence-electron chi connectivity index (χ4n) is 1.70. The minimum Gasteiger partial charge on any atom is -0.497 e. The Bertz CT molecular complexity index is 377. The standard InChI is InChI=1S/C12H17ClN2O/c1-9-5-11(16-2)6-10(15-9)7-14-12(8-13)3-4-12/h5-6,14H,3-4,7-8H2,1-2H3. The van der Waals surface area contributed by atoms with Crippen molar-refractivity contribution in [2.24, 2.45) is 0 Å². The van der Waals surface area contributed by atoms with Crippen molar-refractivity contribution in [2.75, 3.05) is 13.0 Å². The molecule has 0 atom stereocenters. The molecular formula is C12H17ClN2O. The van der Waals surface area contributed by atoms with Crippen LogP contribution < -0.4 is 10.1 Å². The van der Waals surface area contributed by atoms with E-state index in [1.807, 2.05) is 19.1 Å². The van der Waals surface area contributed by atoms with Crippen LogP contribution in [-0.4, -0.2) is 23.5 Å². The predicted octanol–water partition coefficient (Wildman–Crippen LogP) is 2.26. The number of rotatable bonds is 5. The number of methoxy groups -OCH3 is 1. The van der Waals surface area contributed by atoms with E-state index in [4.69, 9.17) is 16.3 Å². The summed E-state index contributed by atoms with van der Waals surface area (Å²) in [5, 5.41) is 3.46. The molecule has 1 N–H and O–H groups in total. The monoisotopic (exact) mass is 240 g/mol. The highest BCUT2D eigenvalue weighted by Crippen LogP contribution is 2.36. The molecule has 4 heteroatoms. The van der Waals surface area contributed by atoms with Gasteiger partial charge >= 0.3 is 0 Å². The third-order valence-corrected chi connectivity index (χ3v) is 3.48. The molecule has 2 rings (SSSR count). The molecule has 1 saturated carbocycles. The Balaban J connectivity index is 2.01. The van der Waals surface area contributed by atoms with Crippen molar-refractivity contribution in [1.82, 2.24) is 10.3 Å². The minimum atomic E-state index is 0.167. The number of nitrogens with one attached hydrogen (secondary N) is 1. The molecule has 0 amide bonds. The Labute approximate surface area is 101 Å². The molecule has 0 unspecified atom stereocenters. The minimum absolute atomic E-state index is 0.167. The van der Waals surface area contributed by atoms with Gasteiger partial charge in [0.2, 0.25) is 0 Å². The van der Waals surface area contributed by atoms with Crippen molar-refractivity contribution in [3.05, 3.63) is 23.5 Å². The smallest absolute Gasteiger partial charge is 0.122 e. The van der Waals surface area contributed by atoms with Crippen LogP contribution in [0.15, 0.2) is 12.1 Å². The van der Waals surface area contributed by atoms with Gasteiger partial charge in [-0.05, 0) is 19.8 Å². The lowest BCUT2D eigenvalue weighted by molar-refractivity contribution is 0.412. The molecule has 88 valence electrons. The van der Waals surface area contributed by atoms with Crippen molar-refractivity contribution in [3.8, 4) is 5.75 Å². The highest BCUT2D eigenvalue weighted by Gasteiger charge is 2.41. The zero-order valence-electron chi connectivity index (χ0n) is 9.72. The first-order chi connectivity index (χ1) is 7.67. The first-order valence-electron chi connectivity index (χ1n) is 5.50. The van der Waals surface area contributed by atoms with Crippen molar-refractivity contribution in [2.45, 2.75) is 31.8 Å². The van der Waals surface area contributed by atoms with Crippen LogP contribution in [0.25, 0.3) is 0 Å². The van der Waals surface area contributed by atoms with Gasteiger partial charge in [0.25, 0.3) is 0 Å². The molecule has 3 nitrogen and oxygen atoms in total. The summed E-state index contributed by atoms with van der Waals surface area (Å²) in [6.07, 6.45) is 2.33. The Hall–Kier alpha value is -0.800. The summed E-state index contributed by atoms with van der Waals surface area (Å²) in [5.41, 5.74) is 2.15. The highest BCUT2D eigenvalue weighted by atomic mass is 35.5. The second-order valence-electron chi connectivity index (χ2n) is 4.41. The zero-order valence-corrected chi connectivity index (χ0v) is 10.5. The molecule has 1 aromatic rings. The number of pyridine rings is 1. The van der Waals surface area contributed by atoms with Crippen LogP contribution in [0, 0.1) is 6.92 Å². The molecule has 0 bridgehead atoms. The van der Waals surface area contributed by atoms with Gasteiger partial charge in [0.05, 0.1) is 12.8 Å². The second-order valence-corrected chi connectivity index (χ2v) is 4.67. The normalized spacial score (nSPS) is 17.2. The maximum atomic E-state index is 5.90. The Morgan fingerprint density at radius 1 is 1.50 bits per heavy atom. The summed E-state index contributed by atoms with van der Waals surface area (Å²) < 4.78 is 5.22. The van der Waals surface area contributed by atoms with E-state index in [1.165, 1.54) is 12.8 Å². The van der Waals surface area contributed by atoms with Crippen molar-refractivity contribution in [1.29, 1.82) is 0 Å². The summed E-state index contributed by atoms with van der Waals surface area (Å²) in [6, 6.07) is 3.89. The van der Waals surface area contributed by atoms with Gasteiger partial charge in [-0.2, -0.15) is 0 Å². The first-order valence-corrected chi connectivity index (χ1v) is 6.03. The van der Waals surface area contributed by atoms with Crippen LogP contribution in [0.3, 0.4) is 0 Å². The lowest BCUT2D eigenvalue weighted by atomic mass is 10.2. The maximum Gasteiger partial charge on any atom is 0.122 e. The summed E-state index contributed by atoms with van der Waals surface area (Å²) in [6.45, 7) is 2.73. The first kappa shape index (κ1) is 11.7. The van der Waals surface area contributed by atoms with E-state index < -0.39 is 0 Å². The van der Waals surface area contributed by atoms with Gasteiger partial charge < -0.3 is 10.1 Å². The van der Waals surface area contributed by atoms with Crippen molar-refractivity contribution < 1.29 is 4.74 Å². The topological polar surface area (TPSA) is 34.1 Å². The molecular weight excluding hydrogens is 224 g/mol. The molecule has 1 heterocycles. The van der Waals surface area contributed by atoms with Crippen LogP contribution in [0.5, 0.6) is 5.75 Å². The lowest BCUT2D eigenvalue weighted by Gasteiger charge is -2.14. The van der Waals surface area contributed by atoms with Crippen molar-refractivity contribution in [3.63, 3.8) is 0 Å². The van der Waals surface area contributed by atoms with E-state index in [2.05, 4.69) is 10.3 Å². The molecule has 16 heavy (non-hydrogen) atoms. The van der Waals surface area contributed by atoms with E-state index in [0.29, 0.717) is 5.88 Å². The number of ether oxygens (including phenoxy) is 1.